The van der Waals surface area contributed by atoms with Crippen molar-refractivity contribution < 1.29 is 46.2 Å². The maximum absolute atomic E-state index is 12.9. The van der Waals surface area contributed by atoms with Crippen LogP contribution in [0.1, 0.15) is 30.1 Å². The number of carbonyl (C=O) groups is 3. The number of benzene rings is 2. The Hall–Kier alpha value is -3.85. The van der Waals surface area contributed by atoms with Gasteiger partial charge < -0.3 is 20.4 Å². The topological polar surface area (TPSA) is 156 Å². The van der Waals surface area contributed by atoms with Gasteiger partial charge >= 0.3 is 18.1 Å². The molecule has 0 spiro atoms. The predicted molar refractivity (Wildman–Crippen MR) is 141 cm³/mol. The van der Waals surface area contributed by atoms with Crippen LogP contribution in [-0.4, -0.2) is 86.8 Å². The molecule has 220 valence electrons. The predicted octanol–water partition coefficient (Wildman–Crippen LogP) is 2.86. The van der Waals surface area contributed by atoms with Gasteiger partial charge in [-0.05, 0) is 36.8 Å². The second-order valence-corrected chi connectivity index (χ2v) is 10.4. The van der Waals surface area contributed by atoms with Crippen LogP contribution in [0.3, 0.4) is 0 Å². The summed E-state index contributed by atoms with van der Waals surface area (Å²) in [5.74, 6) is -3.90. The van der Waals surface area contributed by atoms with Crippen molar-refractivity contribution in [2.24, 2.45) is 0 Å². The highest BCUT2D eigenvalue weighted by atomic mass is 32.2. The van der Waals surface area contributed by atoms with Gasteiger partial charge in [0.25, 0.3) is 10.0 Å². The Bertz CT molecular complexity index is 1270. The molecule has 0 atom stereocenters. The Kier molecular flexibility index (Phi) is 11.7. The molecule has 11 nitrogen and oxygen atoms in total. The molecule has 1 heterocycles. The van der Waals surface area contributed by atoms with Crippen molar-refractivity contribution in [3.05, 3.63) is 54.1 Å². The average Bonchev–Trinajstić information content (AvgIpc) is 2.89. The third kappa shape index (κ3) is 10.0. The van der Waals surface area contributed by atoms with Gasteiger partial charge in [0.05, 0.1) is 28.4 Å². The van der Waals surface area contributed by atoms with Gasteiger partial charge in [-0.2, -0.15) is 13.2 Å². The minimum Gasteiger partial charge on any atom is -0.478 e. The standard InChI is InChI=1S/C23H30N4O5S.C2HF3O2/c1-2-3-11-24-22(28)17-26-12-14-27(15-13-26)21-10-9-18(23(29)30)16-20(21)25-33(31,32)19-7-5-4-6-8-19;3-2(4,5)1(6)7/h4-10,16,25H,2-3,11-15,17H2,1H3,(H,24,28)(H,29,30);(H,6,7). The third-order valence-corrected chi connectivity index (χ3v) is 7.10. The first-order valence-electron chi connectivity index (χ1n) is 12.2. The van der Waals surface area contributed by atoms with Crippen molar-refractivity contribution in [3.63, 3.8) is 0 Å². The molecular weight excluding hydrogens is 557 g/mol. The fourth-order valence-electron chi connectivity index (χ4n) is 3.64. The molecule has 0 aromatic heterocycles. The Morgan fingerprint density at radius 2 is 1.57 bits per heavy atom. The van der Waals surface area contributed by atoms with Crippen LogP contribution in [0.4, 0.5) is 24.5 Å². The number of nitrogens with zero attached hydrogens (tertiary/aromatic N) is 2. The van der Waals surface area contributed by atoms with Crippen molar-refractivity contribution >= 4 is 39.2 Å². The van der Waals surface area contributed by atoms with E-state index in [4.69, 9.17) is 9.90 Å². The minimum atomic E-state index is -5.08. The van der Waals surface area contributed by atoms with Crippen LogP contribution in [0.5, 0.6) is 0 Å². The normalized spacial score (nSPS) is 14.1. The number of piperazine rings is 1. The summed E-state index contributed by atoms with van der Waals surface area (Å²) in [5, 5.41) is 19.4. The van der Waals surface area contributed by atoms with E-state index in [0.29, 0.717) is 45.0 Å². The molecule has 1 fully saturated rings. The van der Waals surface area contributed by atoms with Crippen LogP contribution < -0.4 is 14.9 Å². The number of alkyl halides is 3. The van der Waals surface area contributed by atoms with E-state index in [2.05, 4.69) is 21.9 Å². The lowest BCUT2D eigenvalue weighted by Crippen LogP contribution is -2.49. The van der Waals surface area contributed by atoms with E-state index in [0.717, 1.165) is 12.8 Å². The van der Waals surface area contributed by atoms with Crippen LogP contribution in [0.2, 0.25) is 0 Å². The van der Waals surface area contributed by atoms with Gasteiger partial charge in [0.15, 0.2) is 0 Å². The lowest BCUT2D eigenvalue weighted by atomic mass is 10.1. The summed E-state index contributed by atoms with van der Waals surface area (Å²) in [5.41, 5.74) is 0.808. The summed E-state index contributed by atoms with van der Waals surface area (Å²) >= 11 is 0. The summed E-state index contributed by atoms with van der Waals surface area (Å²) < 4.78 is 60.0. The maximum atomic E-state index is 12.9. The van der Waals surface area contributed by atoms with Crippen LogP contribution in [0.15, 0.2) is 53.4 Å². The Labute approximate surface area is 229 Å². The van der Waals surface area contributed by atoms with Crippen LogP contribution in [-0.2, 0) is 19.6 Å². The fourth-order valence-corrected chi connectivity index (χ4v) is 4.73. The summed E-state index contributed by atoms with van der Waals surface area (Å²) in [6, 6.07) is 12.4. The maximum Gasteiger partial charge on any atom is 0.490 e. The number of sulfonamides is 1. The van der Waals surface area contributed by atoms with Crippen molar-refractivity contribution in [2.45, 2.75) is 30.8 Å². The summed E-state index contributed by atoms with van der Waals surface area (Å²) in [4.78, 5) is 36.6. The van der Waals surface area contributed by atoms with E-state index >= 15 is 0 Å². The number of carbonyl (C=O) groups excluding carboxylic acids is 1. The molecule has 1 aliphatic rings. The number of halogens is 3. The van der Waals surface area contributed by atoms with Gasteiger partial charge in [-0.1, -0.05) is 31.5 Å². The van der Waals surface area contributed by atoms with Crippen molar-refractivity contribution in [1.29, 1.82) is 0 Å². The molecule has 1 amide bonds. The summed E-state index contributed by atoms with van der Waals surface area (Å²) in [6.45, 7) is 5.49. The lowest BCUT2D eigenvalue weighted by Gasteiger charge is -2.36. The van der Waals surface area contributed by atoms with Gasteiger partial charge in [-0.15, -0.1) is 0 Å². The zero-order chi connectivity index (χ0) is 29.9. The molecule has 2 aromatic carbocycles. The first-order chi connectivity index (χ1) is 18.7. The average molecular weight is 589 g/mol. The molecule has 40 heavy (non-hydrogen) atoms. The highest BCUT2D eigenvalue weighted by Gasteiger charge is 2.38. The number of aromatic carboxylic acids is 1. The molecule has 1 saturated heterocycles. The number of aliphatic carboxylic acids is 1. The van der Waals surface area contributed by atoms with Gasteiger partial charge in [-0.25, -0.2) is 18.0 Å². The van der Waals surface area contributed by atoms with E-state index in [1.54, 1.807) is 24.3 Å². The van der Waals surface area contributed by atoms with Crippen LogP contribution in [0.25, 0.3) is 0 Å². The molecule has 3 rings (SSSR count). The zero-order valence-corrected chi connectivity index (χ0v) is 22.5. The van der Waals surface area contributed by atoms with E-state index in [-0.39, 0.29) is 22.1 Å². The van der Waals surface area contributed by atoms with E-state index < -0.39 is 28.1 Å². The number of rotatable bonds is 10. The molecule has 1 aliphatic heterocycles. The Balaban J connectivity index is 0.000000708. The Morgan fingerprint density at radius 3 is 2.10 bits per heavy atom. The van der Waals surface area contributed by atoms with E-state index in [9.17, 15) is 36.3 Å². The van der Waals surface area contributed by atoms with Crippen molar-refractivity contribution in [1.82, 2.24) is 10.2 Å². The quantitative estimate of drug-likeness (QED) is 0.307. The second-order valence-electron chi connectivity index (χ2n) is 8.73. The second kappa shape index (κ2) is 14.5. The molecule has 0 radical (unpaired) electrons. The first kappa shape index (κ1) is 32.4. The molecule has 2 aromatic rings. The van der Waals surface area contributed by atoms with Gasteiger partial charge in [0, 0.05) is 32.7 Å². The Morgan fingerprint density at radius 1 is 0.975 bits per heavy atom. The van der Waals surface area contributed by atoms with Gasteiger partial charge in [-0.3, -0.25) is 14.4 Å². The number of hydrogen-bond donors (Lipinski definition) is 4. The SMILES string of the molecule is CCCCNC(=O)CN1CCN(c2ccc(C(=O)O)cc2NS(=O)(=O)c2ccccc2)CC1.O=C(O)C(F)(F)F. The third-order valence-electron chi connectivity index (χ3n) is 5.72. The number of anilines is 2. The highest BCUT2D eigenvalue weighted by Crippen LogP contribution is 2.30. The van der Waals surface area contributed by atoms with E-state index in [1.807, 2.05) is 4.90 Å². The van der Waals surface area contributed by atoms with Gasteiger partial charge in [0.1, 0.15) is 0 Å². The van der Waals surface area contributed by atoms with Crippen molar-refractivity contribution in [3.8, 4) is 0 Å². The van der Waals surface area contributed by atoms with E-state index in [1.165, 1.54) is 24.3 Å². The monoisotopic (exact) mass is 588 g/mol. The number of nitrogens with one attached hydrogen (secondary N) is 2. The van der Waals surface area contributed by atoms with Gasteiger partial charge in [0.2, 0.25) is 5.91 Å². The number of carboxylic acids is 2. The number of hydrogen-bond acceptors (Lipinski definition) is 7. The molecule has 0 unspecified atom stereocenters. The zero-order valence-electron chi connectivity index (χ0n) is 21.6. The van der Waals surface area contributed by atoms with Crippen LogP contribution in [0, 0.1) is 0 Å². The lowest BCUT2D eigenvalue weighted by molar-refractivity contribution is -0.192. The first-order valence-corrected chi connectivity index (χ1v) is 13.7. The molecule has 0 saturated carbocycles. The summed E-state index contributed by atoms with van der Waals surface area (Å²) in [7, 11) is -3.89. The molecule has 15 heteroatoms. The molecular formula is C25H31F3N4O7S. The van der Waals surface area contributed by atoms with Crippen LogP contribution >= 0.6 is 0 Å². The number of amides is 1. The largest absolute Gasteiger partial charge is 0.490 e. The summed E-state index contributed by atoms with van der Waals surface area (Å²) in [6.07, 6.45) is -3.11. The molecule has 4 N–H and O–H groups in total. The number of unbranched alkanes of at least 4 members (excludes halogenated alkanes) is 1. The fraction of sp³-hybridized carbons (Fsp3) is 0.400. The highest BCUT2D eigenvalue weighted by molar-refractivity contribution is 7.92. The molecule has 0 bridgehead atoms. The molecule has 0 aliphatic carbocycles. The van der Waals surface area contributed by atoms with Crippen molar-refractivity contribution in [2.75, 3.05) is 48.9 Å². The minimum absolute atomic E-state index is 0.000906. The number of carboxylic acid groups (broad SMARTS) is 2. The smallest absolute Gasteiger partial charge is 0.478 e.